The molecule has 0 fully saturated rings. The number of rotatable bonds is 4. The van der Waals surface area contributed by atoms with Crippen LogP contribution in [0.4, 0.5) is 0 Å². The fraction of sp³-hybridized carbons (Fsp3) is 0.364. The van der Waals surface area contributed by atoms with Gasteiger partial charge in [-0.3, -0.25) is 4.79 Å². The second-order valence-corrected chi connectivity index (χ2v) is 4.35. The minimum Gasteiger partial charge on any atom is -0.481 e. The van der Waals surface area contributed by atoms with E-state index in [1.165, 1.54) is 5.56 Å². The van der Waals surface area contributed by atoms with Crippen LogP contribution in [0.5, 0.6) is 0 Å². The van der Waals surface area contributed by atoms with Crippen LogP contribution in [0.1, 0.15) is 18.9 Å². The largest absolute Gasteiger partial charge is 0.481 e. The molecule has 76 valence electrons. The number of halogens is 1. The van der Waals surface area contributed by atoms with Crippen molar-refractivity contribution in [1.29, 1.82) is 0 Å². The van der Waals surface area contributed by atoms with Gasteiger partial charge in [-0.1, -0.05) is 41.1 Å². The summed E-state index contributed by atoms with van der Waals surface area (Å²) in [6.07, 6.45) is 1.02. The van der Waals surface area contributed by atoms with Crippen LogP contribution in [0, 0.1) is 5.92 Å². The Morgan fingerprint density at radius 2 is 2.14 bits per heavy atom. The lowest BCUT2D eigenvalue weighted by molar-refractivity contribution is -0.137. The lowest BCUT2D eigenvalue weighted by Crippen LogP contribution is -2.07. The molecule has 0 bridgehead atoms. The molecule has 0 aromatic heterocycles. The van der Waals surface area contributed by atoms with Gasteiger partial charge in [-0.25, -0.2) is 0 Å². The van der Waals surface area contributed by atoms with Gasteiger partial charge in [0.25, 0.3) is 0 Å². The summed E-state index contributed by atoms with van der Waals surface area (Å²) in [5, 5.41) is 8.62. The van der Waals surface area contributed by atoms with Crippen LogP contribution in [-0.2, 0) is 11.2 Å². The van der Waals surface area contributed by atoms with Crippen molar-refractivity contribution in [2.45, 2.75) is 19.8 Å². The second kappa shape index (κ2) is 5.15. The molecule has 2 nitrogen and oxygen atoms in total. The third-order valence-corrected chi connectivity index (χ3v) is 2.82. The minimum atomic E-state index is -0.732. The first-order valence-electron chi connectivity index (χ1n) is 4.55. The summed E-state index contributed by atoms with van der Waals surface area (Å²) in [7, 11) is 0. The number of benzene rings is 1. The first kappa shape index (κ1) is 11.2. The van der Waals surface area contributed by atoms with E-state index >= 15 is 0 Å². The molecule has 1 unspecified atom stereocenters. The van der Waals surface area contributed by atoms with Gasteiger partial charge in [0.05, 0.1) is 0 Å². The Hall–Kier alpha value is -0.830. The predicted octanol–water partition coefficient (Wildman–Crippen LogP) is 3.10. The Balaban J connectivity index is 2.60. The van der Waals surface area contributed by atoms with Crippen molar-refractivity contribution in [3.8, 4) is 0 Å². The number of carboxylic acids is 1. The molecule has 0 amide bonds. The number of carboxylic acid groups (broad SMARTS) is 1. The smallest absolute Gasteiger partial charge is 0.303 e. The van der Waals surface area contributed by atoms with Crippen LogP contribution in [0.2, 0.25) is 0 Å². The Morgan fingerprint density at radius 1 is 1.50 bits per heavy atom. The zero-order valence-corrected chi connectivity index (χ0v) is 9.62. The summed E-state index contributed by atoms with van der Waals surface area (Å²) in [5.41, 5.74) is 1.17. The van der Waals surface area contributed by atoms with Gasteiger partial charge in [-0.15, -0.1) is 0 Å². The Bertz CT molecular complexity index is 323. The molecule has 0 saturated carbocycles. The third kappa shape index (κ3) is 3.50. The van der Waals surface area contributed by atoms with Gasteiger partial charge in [0.1, 0.15) is 0 Å². The van der Waals surface area contributed by atoms with E-state index in [0.717, 1.165) is 10.9 Å². The van der Waals surface area contributed by atoms with Crippen LogP contribution in [0.25, 0.3) is 0 Å². The van der Waals surface area contributed by atoms with E-state index in [1.54, 1.807) is 0 Å². The van der Waals surface area contributed by atoms with E-state index in [4.69, 9.17) is 5.11 Å². The van der Waals surface area contributed by atoms with Crippen LogP contribution < -0.4 is 0 Å². The molecule has 1 aromatic carbocycles. The topological polar surface area (TPSA) is 37.3 Å². The van der Waals surface area contributed by atoms with Gasteiger partial charge in [-0.05, 0) is 24.0 Å². The maximum atomic E-state index is 10.5. The summed E-state index contributed by atoms with van der Waals surface area (Å²) < 4.78 is 1.05. The zero-order valence-electron chi connectivity index (χ0n) is 8.03. The van der Waals surface area contributed by atoms with Gasteiger partial charge in [0, 0.05) is 10.9 Å². The van der Waals surface area contributed by atoms with Gasteiger partial charge in [-0.2, -0.15) is 0 Å². The Labute approximate surface area is 92.1 Å². The lowest BCUT2D eigenvalue weighted by atomic mass is 9.98. The highest BCUT2D eigenvalue weighted by Crippen LogP contribution is 2.20. The molecule has 0 saturated heterocycles. The molecule has 1 atom stereocenters. The van der Waals surface area contributed by atoms with Crippen molar-refractivity contribution in [2.24, 2.45) is 5.92 Å². The van der Waals surface area contributed by atoms with Crippen molar-refractivity contribution < 1.29 is 9.90 Å². The van der Waals surface area contributed by atoms with Crippen molar-refractivity contribution >= 4 is 21.9 Å². The monoisotopic (exact) mass is 256 g/mol. The summed E-state index contributed by atoms with van der Waals surface area (Å²) in [5.74, 6) is -0.559. The third-order valence-electron chi connectivity index (χ3n) is 2.05. The highest BCUT2D eigenvalue weighted by atomic mass is 79.9. The van der Waals surface area contributed by atoms with Gasteiger partial charge in [0.15, 0.2) is 0 Å². The van der Waals surface area contributed by atoms with Crippen molar-refractivity contribution in [1.82, 2.24) is 0 Å². The van der Waals surface area contributed by atoms with Gasteiger partial charge >= 0.3 is 5.97 Å². The first-order valence-corrected chi connectivity index (χ1v) is 5.34. The summed E-state index contributed by atoms with van der Waals surface area (Å²) in [6.45, 7) is 1.95. The minimum absolute atomic E-state index is 0.172. The van der Waals surface area contributed by atoms with E-state index < -0.39 is 5.97 Å². The Kier molecular flexibility index (Phi) is 4.14. The first-order chi connectivity index (χ1) is 6.59. The molecule has 0 heterocycles. The number of aliphatic carboxylic acids is 1. The molecule has 0 spiro atoms. The zero-order chi connectivity index (χ0) is 10.6. The van der Waals surface area contributed by atoms with E-state index in [0.29, 0.717) is 0 Å². The molecular weight excluding hydrogens is 244 g/mol. The SMILES string of the molecule is CC(CC(=O)O)Cc1ccccc1Br. The number of hydrogen-bond donors (Lipinski definition) is 1. The molecule has 0 radical (unpaired) electrons. The Morgan fingerprint density at radius 3 is 2.71 bits per heavy atom. The van der Waals surface area contributed by atoms with E-state index in [1.807, 2.05) is 31.2 Å². The molecule has 0 aliphatic heterocycles. The average Bonchev–Trinajstić information content (AvgIpc) is 2.07. The van der Waals surface area contributed by atoms with Crippen LogP contribution in [-0.4, -0.2) is 11.1 Å². The molecule has 1 aromatic rings. The second-order valence-electron chi connectivity index (χ2n) is 3.50. The van der Waals surface area contributed by atoms with Crippen molar-refractivity contribution in [2.75, 3.05) is 0 Å². The standard InChI is InChI=1S/C11H13BrO2/c1-8(7-11(13)14)6-9-4-2-3-5-10(9)12/h2-5,8H,6-7H2,1H3,(H,13,14). The molecule has 3 heteroatoms. The van der Waals surface area contributed by atoms with Gasteiger partial charge in [0.2, 0.25) is 0 Å². The van der Waals surface area contributed by atoms with Crippen LogP contribution >= 0.6 is 15.9 Å². The van der Waals surface area contributed by atoms with E-state index in [-0.39, 0.29) is 12.3 Å². The van der Waals surface area contributed by atoms with Crippen LogP contribution in [0.3, 0.4) is 0 Å². The average molecular weight is 257 g/mol. The summed E-state index contributed by atoms with van der Waals surface area (Å²) in [4.78, 5) is 10.5. The fourth-order valence-corrected chi connectivity index (χ4v) is 1.86. The van der Waals surface area contributed by atoms with Crippen molar-refractivity contribution in [3.63, 3.8) is 0 Å². The summed E-state index contributed by atoms with van der Waals surface area (Å²) in [6, 6.07) is 7.91. The van der Waals surface area contributed by atoms with E-state index in [9.17, 15) is 4.79 Å². The molecule has 1 N–H and O–H groups in total. The number of hydrogen-bond acceptors (Lipinski definition) is 1. The predicted molar refractivity (Wildman–Crippen MR) is 59.3 cm³/mol. The lowest BCUT2D eigenvalue weighted by Gasteiger charge is -2.09. The molecule has 0 aliphatic rings. The van der Waals surface area contributed by atoms with Crippen molar-refractivity contribution in [3.05, 3.63) is 34.3 Å². The highest BCUT2D eigenvalue weighted by molar-refractivity contribution is 9.10. The highest BCUT2D eigenvalue weighted by Gasteiger charge is 2.09. The fourth-order valence-electron chi connectivity index (χ4n) is 1.41. The molecule has 1 rings (SSSR count). The maximum absolute atomic E-state index is 10.5. The van der Waals surface area contributed by atoms with Gasteiger partial charge < -0.3 is 5.11 Å². The van der Waals surface area contributed by atoms with Crippen LogP contribution in [0.15, 0.2) is 28.7 Å². The maximum Gasteiger partial charge on any atom is 0.303 e. The quantitative estimate of drug-likeness (QED) is 0.899. The summed E-state index contributed by atoms with van der Waals surface area (Å²) >= 11 is 3.44. The molecule has 14 heavy (non-hydrogen) atoms. The molecular formula is C11H13BrO2. The van der Waals surface area contributed by atoms with E-state index in [2.05, 4.69) is 15.9 Å². The molecule has 0 aliphatic carbocycles. The normalized spacial score (nSPS) is 12.4. The number of carbonyl (C=O) groups is 1.